The summed E-state index contributed by atoms with van der Waals surface area (Å²) in [4.78, 5) is 0. The molecule has 1 radical (unpaired) electrons. The molecule has 0 spiro atoms. The van der Waals surface area contributed by atoms with Gasteiger partial charge in [0.1, 0.15) is 0 Å². The van der Waals surface area contributed by atoms with Crippen LogP contribution in [0.3, 0.4) is 0 Å². The molecule has 0 bridgehead atoms. The minimum Gasteiger partial charge on any atom is -0.341 e. The van der Waals surface area contributed by atoms with Crippen molar-refractivity contribution in [2.45, 2.75) is 20.3 Å². The molecule has 9 heavy (non-hydrogen) atoms. The fourth-order valence-electron chi connectivity index (χ4n) is 0.687. The first-order valence-corrected chi connectivity index (χ1v) is 2.79. The van der Waals surface area contributed by atoms with Crippen LogP contribution in [0.1, 0.15) is 20.3 Å². The van der Waals surface area contributed by atoms with Gasteiger partial charge in [-0.3, -0.25) is 0 Å². The maximum atomic E-state index is 3.84. The zero-order valence-electron chi connectivity index (χ0n) is 6.85. The topological polar surface area (TPSA) is 0 Å². The largest absolute Gasteiger partial charge is 1.00 e. The van der Waals surface area contributed by atoms with Crippen LogP contribution < -0.4 is 18.9 Å². The smallest absolute Gasteiger partial charge is 0.341 e. The fraction of sp³-hybridized carbons (Fsp3) is 0.714. The Morgan fingerprint density at radius 2 is 1.33 bits per heavy atom. The molecular weight excluding hydrogens is 180 g/mol. The first-order valence-electron chi connectivity index (χ1n) is 2.79. The van der Waals surface area contributed by atoms with Crippen LogP contribution in [-0.4, -0.2) is 0 Å². The standard InChI is InChI=1S/C7H14.Li.Y/c1-6(2)5-7(3)4;;/h6-7H,1,3,5H2,2,4H3;;/q-2;+1;. The van der Waals surface area contributed by atoms with Crippen molar-refractivity contribution >= 4 is 0 Å². The minimum atomic E-state index is 0. The summed E-state index contributed by atoms with van der Waals surface area (Å²) in [5.74, 6) is 1.12. The maximum absolute atomic E-state index is 3.84. The Labute approximate surface area is 96.6 Å². The van der Waals surface area contributed by atoms with E-state index in [1.807, 2.05) is 0 Å². The summed E-state index contributed by atoms with van der Waals surface area (Å²) in [6.07, 6.45) is 1.14. The van der Waals surface area contributed by atoms with Crippen LogP contribution in [0.15, 0.2) is 0 Å². The van der Waals surface area contributed by atoms with Crippen molar-refractivity contribution in [2.75, 3.05) is 0 Å². The SMILES string of the molecule is [CH2-]C(C)CC([CH2-])C.[Li+].[Y]. The summed E-state index contributed by atoms with van der Waals surface area (Å²) >= 11 is 0. The van der Waals surface area contributed by atoms with Crippen LogP contribution >= 0.6 is 0 Å². The molecule has 0 saturated carbocycles. The molecule has 0 saturated heterocycles. The van der Waals surface area contributed by atoms with E-state index in [0.717, 1.165) is 6.42 Å². The summed E-state index contributed by atoms with van der Waals surface area (Å²) in [6.45, 7) is 11.9. The summed E-state index contributed by atoms with van der Waals surface area (Å²) in [6, 6.07) is 0. The Hall–Kier alpha value is 1.70. The first kappa shape index (κ1) is 17.0. The van der Waals surface area contributed by atoms with E-state index in [1.165, 1.54) is 0 Å². The fourth-order valence-corrected chi connectivity index (χ4v) is 0.687. The zero-order valence-corrected chi connectivity index (χ0v) is 9.69. The van der Waals surface area contributed by atoms with E-state index in [4.69, 9.17) is 0 Å². The summed E-state index contributed by atoms with van der Waals surface area (Å²) in [5, 5.41) is 0. The second-order valence-corrected chi connectivity index (χ2v) is 2.45. The van der Waals surface area contributed by atoms with Gasteiger partial charge >= 0.3 is 18.9 Å². The van der Waals surface area contributed by atoms with Gasteiger partial charge in [-0.25, -0.2) is 0 Å². The molecule has 47 valence electrons. The molecular formula is C7H14LiY-. The molecule has 0 heterocycles. The van der Waals surface area contributed by atoms with Gasteiger partial charge in [-0.2, -0.15) is 11.8 Å². The Kier molecular flexibility index (Phi) is 18.3. The van der Waals surface area contributed by atoms with E-state index in [2.05, 4.69) is 27.7 Å². The quantitative estimate of drug-likeness (QED) is 0.403. The van der Waals surface area contributed by atoms with E-state index in [0.29, 0.717) is 11.8 Å². The number of hydrogen-bond acceptors (Lipinski definition) is 0. The third-order valence-electron chi connectivity index (χ3n) is 0.805. The Morgan fingerprint density at radius 3 is 1.33 bits per heavy atom. The third-order valence-corrected chi connectivity index (χ3v) is 0.805. The molecule has 0 nitrogen and oxygen atoms in total. The average Bonchev–Trinajstić information content (AvgIpc) is 1.27. The molecule has 0 aliphatic carbocycles. The van der Waals surface area contributed by atoms with Crippen LogP contribution in [0.5, 0.6) is 0 Å². The predicted octanol–water partition coefficient (Wildman–Crippen LogP) is -0.682. The second-order valence-electron chi connectivity index (χ2n) is 2.45. The molecule has 0 fully saturated rings. The van der Waals surface area contributed by atoms with Gasteiger partial charge in [-0.1, -0.05) is 13.8 Å². The molecule has 2 heteroatoms. The van der Waals surface area contributed by atoms with E-state index >= 15 is 0 Å². The Bertz CT molecular complexity index is 38.2. The van der Waals surface area contributed by atoms with Crippen LogP contribution in [0.25, 0.3) is 0 Å². The normalized spacial score (nSPS) is 14.7. The van der Waals surface area contributed by atoms with Gasteiger partial charge in [0, 0.05) is 32.7 Å². The molecule has 0 amide bonds. The van der Waals surface area contributed by atoms with E-state index < -0.39 is 0 Å². The monoisotopic (exact) mass is 194 g/mol. The molecule has 0 aromatic rings. The molecule has 2 atom stereocenters. The van der Waals surface area contributed by atoms with Gasteiger partial charge in [-0.05, 0) is 0 Å². The molecule has 2 unspecified atom stereocenters. The van der Waals surface area contributed by atoms with Crippen LogP contribution in [0, 0.1) is 25.7 Å². The summed E-state index contributed by atoms with van der Waals surface area (Å²) in [5.41, 5.74) is 0. The predicted molar refractivity (Wildman–Crippen MR) is 33.7 cm³/mol. The number of hydrogen-bond donors (Lipinski definition) is 0. The van der Waals surface area contributed by atoms with Crippen molar-refractivity contribution in [1.29, 1.82) is 0 Å². The van der Waals surface area contributed by atoms with Gasteiger partial charge in [0.05, 0.1) is 0 Å². The molecule has 0 aliphatic heterocycles. The molecule has 0 aromatic heterocycles. The zero-order chi connectivity index (χ0) is 5.86. The van der Waals surface area contributed by atoms with E-state index in [9.17, 15) is 0 Å². The van der Waals surface area contributed by atoms with Crippen molar-refractivity contribution in [2.24, 2.45) is 11.8 Å². The van der Waals surface area contributed by atoms with E-state index in [-0.39, 0.29) is 51.6 Å². The Balaban J connectivity index is -0.000000180. The van der Waals surface area contributed by atoms with Crippen molar-refractivity contribution in [3.63, 3.8) is 0 Å². The maximum Gasteiger partial charge on any atom is 1.00 e. The third kappa shape index (κ3) is 17.7. The molecule has 0 aromatic carbocycles. The molecule has 0 rings (SSSR count). The van der Waals surface area contributed by atoms with Gasteiger partial charge < -0.3 is 13.8 Å². The van der Waals surface area contributed by atoms with Crippen LogP contribution in [0.2, 0.25) is 0 Å². The van der Waals surface area contributed by atoms with Gasteiger partial charge in [-0.15, -0.1) is 6.42 Å². The van der Waals surface area contributed by atoms with Crippen LogP contribution in [0.4, 0.5) is 0 Å². The minimum absolute atomic E-state index is 0. The number of rotatable bonds is 2. The first-order chi connectivity index (χ1) is 3.13. The Morgan fingerprint density at radius 1 is 1.11 bits per heavy atom. The van der Waals surface area contributed by atoms with Crippen molar-refractivity contribution in [3.05, 3.63) is 13.8 Å². The van der Waals surface area contributed by atoms with Crippen molar-refractivity contribution in [1.82, 2.24) is 0 Å². The summed E-state index contributed by atoms with van der Waals surface area (Å²) in [7, 11) is 0. The van der Waals surface area contributed by atoms with Gasteiger partial charge in [0.25, 0.3) is 0 Å². The second kappa shape index (κ2) is 9.70. The average molecular weight is 194 g/mol. The van der Waals surface area contributed by atoms with Gasteiger partial charge in [0.2, 0.25) is 0 Å². The van der Waals surface area contributed by atoms with Gasteiger partial charge in [0.15, 0.2) is 0 Å². The summed E-state index contributed by atoms with van der Waals surface area (Å²) < 4.78 is 0. The van der Waals surface area contributed by atoms with Crippen molar-refractivity contribution < 1.29 is 51.6 Å². The van der Waals surface area contributed by atoms with Crippen LogP contribution in [-0.2, 0) is 32.7 Å². The van der Waals surface area contributed by atoms with E-state index in [1.54, 1.807) is 0 Å². The molecule has 0 N–H and O–H groups in total. The molecule has 0 aliphatic rings. The van der Waals surface area contributed by atoms with Crippen molar-refractivity contribution in [3.8, 4) is 0 Å².